The number of nitrogens with zero attached hydrogens (tertiary/aromatic N) is 1. The Hall–Kier alpha value is -1.30. The second kappa shape index (κ2) is 5.60. The van der Waals surface area contributed by atoms with E-state index in [4.69, 9.17) is 0 Å². The molecule has 1 aliphatic heterocycles. The quantitative estimate of drug-likeness (QED) is 0.719. The van der Waals surface area contributed by atoms with Gasteiger partial charge in [0.05, 0.1) is 6.10 Å². The topological polar surface area (TPSA) is 89.9 Å². The van der Waals surface area contributed by atoms with Crippen LogP contribution in [-0.4, -0.2) is 51.8 Å². The van der Waals surface area contributed by atoms with E-state index in [9.17, 15) is 19.8 Å². The van der Waals surface area contributed by atoms with Crippen LogP contribution < -0.4 is 5.32 Å². The van der Waals surface area contributed by atoms with Gasteiger partial charge in [0.15, 0.2) is 0 Å². The Bertz CT molecular complexity index is 395. The number of rotatable bonds is 4. The second-order valence-corrected chi connectivity index (χ2v) is 6.00. The average Bonchev–Trinajstić information content (AvgIpc) is 2.98. The molecule has 3 N–H and O–H groups in total. The zero-order valence-electron chi connectivity index (χ0n) is 12.1. The van der Waals surface area contributed by atoms with Crippen molar-refractivity contribution in [1.29, 1.82) is 0 Å². The molecule has 114 valence electrons. The number of amides is 2. The fraction of sp³-hybridized carbons (Fsp3) is 0.857. The standard InChI is InChI=1S/C14H24N2O4/c1-3-14(4-2,12(18)19)15-13(20)16-7-9-5-6-11(17)10(9)8-16/h9-11,17H,3-8H2,1-2H3,(H,15,20)(H,18,19). The molecule has 2 aliphatic rings. The zero-order chi connectivity index (χ0) is 14.9. The number of hydrogen-bond donors (Lipinski definition) is 3. The van der Waals surface area contributed by atoms with Gasteiger partial charge in [-0.1, -0.05) is 13.8 Å². The van der Waals surface area contributed by atoms with Gasteiger partial charge in [0, 0.05) is 19.0 Å². The number of carbonyl (C=O) groups excluding carboxylic acids is 1. The number of hydrogen-bond acceptors (Lipinski definition) is 3. The van der Waals surface area contributed by atoms with Gasteiger partial charge in [-0.25, -0.2) is 9.59 Å². The Kier molecular flexibility index (Phi) is 4.22. The van der Waals surface area contributed by atoms with Crippen molar-refractivity contribution in [2.45, 2.75) is 51.2 Å². The molecule has 6 nitrogen and oxygen atoms in total. The minimum absolute atomic E-state index is 0.156. The Morgan fingerprint density at radius 2 is 1.90 bits per heavy atom. The first-order valence-corrected chi connectivity index (χ1v) is 7.42. The van der Waals surface area contributed by atoms with E-state index in [0.717, 1.165) is 12.8 Å². The molecule has 0 aromatic heterocycles. The molecule has 1 aliphatic carbocycles. The number of aliphatic hydroxyl groups is 1. The van der Waals surface area contributed by atoms with Crippen molar-refractivity contribution in [1.82, 2.24) is 10.2 Å². The van der Waals surface area contributed by atoms with Gasteiger partial charge in [-0.15, -0.1) is 0 Å². The van der Waals surface area contributed by atoms with Crippen LogP contribution in [0.2, 0.25) is 0 Å². The van der Waals surface area contributed by atoms with Crippen molar-refractivity contribution in [3.63, 3.8) is 0 Å². The molecule has 6 heteroatoms. The van der Waals surface area contributed by atoms with Crippen LogP contribution in [0.4, 0.5) is 4.79 Å². The van der Waals surface area contributed by atoms with E-state index < -0.39 is 11.5 Å². The van der Waals surface area contributed by atoms with Crippen LogP contribution in [0.3, 0.4) is 0 Å². The van der Waals surface area contributed by atoms with Crippen LogP contribution in [0, 0.1) is 11.8 Å². The Morgan fingerprint density at radius 1 is 1.25 bits per heavy atom. The number of carbonyl (C=O) groups is 2. The first-order valence-electron chi connectivity index (χ1n) is 7.42. The third-order valence-electron chi connectivity index (χ3n) is 5.07. The zero-order valence-corrected chi connectivity index (χ0v) is 12.1. The number of aliphatic carboxylic acids is 1. The molecule has 1 saturated carbocycles. The van der Waals surface area contributed by atoms with Gasteiger partial charge >= 0.3 is 12.0 Å². The van der Waals surface area contributed by atoms with Crippen molar-refractivity contribution in [2.24, 2.45) is 11.8 Å². The Morgan fingerprint density at radius 3 is 2.40 bits per heavy atom. The Balaban J connectivity index is 2.01. The molecule has 0 bridgehead atoms. The highest BCUT2D eigenvalue weighted by atomic mass is 16.4. The van der Waals surface area contributed by atoms with Gasteiger partial charge in [-0.05, 0) is 31.6 Å². The smallest absolute Gasteiger partial charge is 0.329 e. The fourth-order valence-electron chi connectivity index (χ4n) is 3.47. The molecule has 3 atom stereocenters. The normalized spacial score (nSPS) is 29.4. The molecular weight excluding hydrogens is 260 g/mol. The minimum atomic E-state index is -1.19. The monoisotopic (exact) mass is 284 g/mol. The van der Waals surface area contributed by atoms with Crippen LogP contribution in [0.25, 0.3) is 0 Å². The number of likely N-dealkylation sites (tertiary alicyclic amines) is 1. The summed E-state index contributed by atoms with van der Waals surface area (Å²) in [4.78, 5) is 25.4. The number of carboxylic acid groups (broad SMARTS) is 1. The van der Waals surface area contributed by atoms with Gasteiger partial charge in [0.1, 0.15) is 5.54 Å². The lowest BCUT2D eigenvalue weighted by Crippen LogP contribution is -2.57. The van der Waals surface area contributed by atoms with Crippen LogP contribution >= 0.6 is 0 Å². The molecule has 3 unspecified atom stereocenters. The molecule has 0 radical (unpaired) electrons. The SMILES string of the molecule is CCC(CC)(NC(=O)N1CC2CCC(O)C2C1)C(=O)O. The van der Waals surface area contributed by atoms with E-state index in [-0.39, 0.29) is 18.1 Å². The van der Waals surface area contributed by atoms with Crippen molar-refractivity contribution in [2.75, 3.05) is 13.1 Å². The number of carboxylic acids is 1. The lowest BCUT2D eigenvalue weighted by Gasteiger charge is -2.31. The largest absolute Gasteiger partial charge is 0.480 e. The van der Waals surface area contributed by atoms with E-state index >= 15 is 0 Å². The van der Waals surface area contributed by atoms with Crippen LogP contribution in [0.5, 0.6) is 0 Å². The number of fused-ring (bicyclic) bond motifs is 1. The lowest BCUT2D eigenvalue weighted by molar-refractivity contribution is -0.144. The fourth-order valence-corrected chi connectivity index (χ4v) is 3.47. The van der Waals surface area contributed by atoms with Gasteiger partial charge < -0.3 is 20.4 Å². The minimum Gasteiger partial charge on any atom is -0.480 e. The first-order chi connectivity index (χ1) is 9.43. The third-order valence-corrected chi connectivity index (χ3v) is 5.07. The highest BCUT2D eigenvalue weighted by molar-refractivity contribution is 5.86. The van der Waals surface area contributed by atoms with Crippen LogP contribution in [0.15, 0.2) is 0 Å². The number of nitrogens with one attached hydrogen (secondary N) is 1. The molecule has 2 fully saturated rings. The second-order valence-electron chi connectivity index (χ2n) is 6.00. The molecule has 0 aromatic rings. The predicted octanol–water partition coefficient (Wildman–Crippen LogP) is 1.04. The summed E-state index contributed by atoms with van der Waals surface area (Å²) in [5.74, 6) is -0.475. The maximum Gasteiger partial charge on any atom is 0.329 e. The number of urea groups is 1. The van der Waals surface area contributed by atoms with Crippen molar-refractivity contribution in [3.8, 4) is 0 Å². The lowest BCUT2D eigenvalue weighted by atomic mass is 9.93. The summed E-state index contributed by atoms with van der Waals surface area (Å²) in [6.45, 7) is 4.68. The molecule has 2 amide bonds. The van der Waals surface area contributed by atoms with Crippen molar-refractivity contribution < 1.29 is 19.8 Å². The molecule has 0 spiro atoms. The summed E-state index contributed by atoms with van der Waals surface area (Å²) in [7, 11) is 0. The molecular formula is C14H24N2O4. The molecule has 1 heterocycles. The molecule has 0 aromatic carbocycles. The van der Waals surface area contributed by atoms with Gasteiger partial charge in [0.25, 0.3) is 0 Å². The van der Waals surface area contributed by atoms with E-state index in [2.05, 4.69) is 5.32 Å². The van der Waals surface area contributed by atoms with Crippen molar-refractivity contribution >= 4 is 12.0 Å². The van der Waals surface area contributed by atoms with Gasteiger partial charge in [0.2, 0.25) is 0 Å². The van der Waals surface area contributed by atoms with E-state index in [1.54, 1.807) is 18.7 Å². The van der Waals surface area contributed by atoms with E-state index in [1.807, 2.05) is 0 Å². The summed E-state index contributed by atoms with van der Waals surface area (Å²) in [5.41, 5.74) is -1.19. The Labute approximate surface area is 119 Å². The maximum atomic E-state index is 12.3. The third kappa shape index (κ3) is 2.49. The van der Waals surface area contributed by atoms with Crippen molar-refractivity contribution in [3.05, 3.63) is 0 Å². The summed E-state index contributed by atoms with van der Waals surface area (Å²) < 4.78 is 0. The first kappa shape index (κ1) is 15.1. The summed E-state index contributed by atoms with van der Waals surface area (Å²) in [5, 5.41) is 21.9. The average molecular weight is 284 g/mol. The highest BCUT2D eigenvalue weighted by Gasteiger charge is 2.45. The van der Waals surface area contributed by atoms with E-state index in [1.165, 1.54) is 0 Å². The van der Waals surface area contributed by atoms with Crippen LogP contribution in [-0.2, 0) is 4.79 Å². The van der Waals surface area contributed by atoms with Gasteiger partial charge in [-0.2, -0.15) is 0 Å². The van der Waals surface area contributed by atoms with E-state index in [0.29, 0.717) is 31.8 Å². The molecule has 20 heavy (non-hydrogen) atoms. The predicted molar refractivity (Wildman–Crippen MR) is 73.3 cm³/mol. The van der Waals surface area contributed by atoms with Crippen LogP contribution in [0.1, 0.15) is 39.5 Å². The summed E-state index contributed by atoms with van der Waals surface area (Å²) >= 11 is 0. The molecule has 2 rings (SSSR count). The summed E-state index contributed by atoms with van der Waals surface area (Å²) in [6, 6.07) is -0.322. The highest BCUT2D eigenvalue weighted by Crippen LogP contribution is 2.38. The molecule has 1 saturated heterocycles. The maximum absolute atomic E-state index is 12.3. The summed E-state index contributed by atoms with van der Waals surface area (Å²) in [6.07, 6.45) is 2.15. The number of aliphatic hydroxyl groups excluding tert-OH is 1. The van der Waals surface area contributed by atoms with Gasteiger partial charge in [-0.3, -0.25) is 0 Å².